The van der Waals surface area contributed by atoms with Crippen molar-refractivity contribution in [2.75, 3.05) is 32.8 Å². The van der Waals surface area contributed by atoms with Gasteiger partial charge >= 0.3 is 5.97 Å². The van der Waals surface area contributed by atoms with Crippen molar-refractivity contribution >= 4 is 11.9 Å². The van der Waals surface area contributed by atoms with Gasteiger partial charge in [-0.1, -0.05) is 0 Å². The van der Waals surface area contributed by atoms with E-state index in [0.717, 1.165) is 26.2 Å². The van der Waals surface area contributed by atoms with E-state index in [0.29, 0.717) is 0 Å². The molecule has 0 unspecified atom stereocenters. The average molecular weight is 259 g/mol. The summed E-state index contributed by atoms with van der Waals surface area (Å²) in [7, 11) is 0. The fraction of sp³-hybridized carbons (Fsp3) is 0.818. The van der Waals surface area contributed by atoms with Crippen LogP contribution in [0.2, 0.25) is 0 Å². The van der Waals surface area contributed by atoms with E-state index < -0.39 is 24.2 Å². The van der Waals surface area contributed by atoms with Crippen LogP contribution in [0.5, 0.6) is 0 Å². The second kappa shape index (κ2) is 6.12. The van der Waals surface area contributed by atoms with Gasteiger partial charge < -0.3 is 20.8 Å². The van der Waals surface area contributed by atoms with Crippen molar-refractivity contribution in [3.63, 3.8) is 0 Å². The molecule has 18 heavy (non-hydrogen) atoms. The number of carboxylic acids is 1. The summed E-state index contributed by atoms with van der Waals surface area (Å²) >= 11 is 0. The van der Waals surface area contributed by atoms with E-state index in [2.05, 4.69) is 10.6 Å². The van der Waals surface area contributed by atoms with Crippen molar-refractivity contribution in [2.45, 2.75) is 25.4 Å². The molecule has 1 saturated heterocycles. The number of nitrogens with zero attached hydrogens (tertiary/aromatic N) is 1. The summed E-state index contributed by atoms with van der Waals surface area (Å²) < 4.78 is 0. The molecule has 0 aromatic carbocycles. The minimum Gasteiger partial charge on any atom is -0.480 e. The maximum Gasteiger partial charge on any atom is 0.328 e. The van der Waals surface area contributed by atoms with E-state index in [9.17, 15) is 9.59 Å². The minimum atomic E-state index is -1.25. The third kappa shape index (κ3) is 3.41. The largest absolute Gasteiger partial charge is 0.480 e. The molecule has 0 aromatic rings. The van der Waals surface area contributed by atoms with E-state index in [4.69, 9.17) is 10.2 Å². The van der Waals surface area contributed by atoms with Crippen molar-refractivity contribution in [1.29, 1.82) is 0 Å². The lowest BCUT2D eigenvalue weighted by atomic mass is 10.00. The highest BCUT2D eigenvalue weighted by Crippen LogP contribution is 2.15. The Kier molecular flexibility index (Phi) is 5.06. The lowest BCUT2D eigenvalue weighted by Crippen LogP contribution is -2.62. The van der Waals surface area contributed by atoms with Crippen molar-refractivity contribution in [3.8, 4) is 0 Å². The van der Waals surface area contributed by atoms with Crippen molar-refractivity contribution in [3.05, 3.63) is 0 Å². The molecule has 7 heteroatoms. The Morgan fingerprint density at radius 2 is 1.94 bits per heavy atom. The van der Waals surface area contributed by atoms with Crippen LogP contribution >= 0.6 is 0 Å². The van der Waals surface area contributed by atoms with Gasteiger partial charge in [0.2, 0.25) is 5.91 Å². The number of aliphatic hydroxyl groups is 1. The number of nitrogens with one attached hydrogen (secondary N) is 2. The second-order valence-corrected chi connectivity index (χ2v) is 4.84. The first-order chi connectivity index (χ1) is 8.39. The smallest absolute Gasteiger partial charge is 0.328 e. The van der Waals surface area contributed by atoms with Gasteiger partial charge in [-0.05, 0) is 13.8 Å². The third-order valence-corrected chi connectivity index (χ3v) is 3.25. The highest BCUT2D eigenvalue weighted by Gasteiger charge is 2.36. The summed E-state index contributed by atoms with van der Waals surface area (Å²) in [5.74, 6) is -1.62. The van der Waals surface area contributed by atoms with Gasteiger partial charge in [0.15, 0.2) is 0 Å². The molecule has 0 saturated carbocycles. The lowest BCUT2D eigenvalue weighted by Gasteiger charge is -2.40. The number of aliphatic carboxylic acids is 1. The first-order valence-corrected chi connectivity index (χ1v) is 6.00. The van der Waals surface area contributed by atoms with Gasteiger partial charge in [0.05, 0.1) is 12.1 Å². The van der Waals surface area contributed by atoms with Gasteiger partial charge in [-0.2, -0.15) is 0 Å². The Morgan fingerprint density at radius 3 is 2.39 bits per heavy atom. The Hall–Kier alpha value is -1.18. The van der Waals surface area contributed by atoms with Gasteiger partial charge in [-0.15, -0.1) is 0 Å². The molecule has 7 nitrogen and oxygen atoms in total. The summed E-state index contributed by atoms with van der Waals surface area (Å²) in [6, 6.07) is -1.25. The molecule has 0 spiro atoms. The number of carbonyl (C=O) groups is 2. The number of rotatable bonds is 5. The van der Waals surface area contributed by atoms with E-state index in [1.165, 1.54) is 0 Å². The minimum absolute atomic E-state index is 0.383. The fourth-order valence-corrected chi connectivity index (χ4v) is 1.89. The molecule has 4 N–H and O–H groups in total. The van der Waals surface area contributed by atoms with Crippen molar-refractivity contribution in [2.24, 2.45) is 0 Å². The molecular formula is C11H21N3O4. The Bertz CT molecular complexity index is 313. The maximum absolute atomic E-state index is 12.1. The molecule has 1 aliphatic heterocycles. The van der Waals surface area contributed by atoms with Crippen LogP contribution in [-0.4, -0.2) is 71.4 Å². The monoisotopic (exact) mass is 259 g/mol. The Labute approximate surface area is 106 Å². The fourth-order valence-electron chi connectivity index (χ4n) is 1.89. The molecule has 0 bridgehead atoms. The van der Waals surface area contributed by atoms with Gasteiger partial charge in [-0.25, -0.2) is 4.79 Å². The zero-order chi connectivity index (χ0) is 13.8. The number of amides is 1. The first-order valence-electron chi connectivity index (χ1n) is 6.00. The quantitative estimate of drug-likeness (QED) is 0.466. The van der Waals surface area contributed by atoms with Gasteiger partial charge in [0.25, 0.3) is 0 Å². The topological polar surface area (TPSA) is 102 Å². The van der Waals surface area contributed by atoms with E-state index in [1.807, 2.05) is 4.90 Å². The lowest BCUT2D eigenvalue weighted by molar-refractivity contribution is -0.145. The van der Waals surface area contributed by atoms with Crippen LogP contribution in [0, 0.1) is 0 Å². The summed E-state index contributed by atoms with van der Waals surface area (Å²) in [5, 5.41) is 23.2. The van der Waals surface area contributed by atoms with Crippen LogP contribution in [0.3, 0.4) is 0 Å². The number of piperazine rings is 1. The number of aliphatic hydroxyl groups excluding tert-OH is 1. The van der Waals surface area contributed by atoms with Crippen molar-refractivity contribution < 1.29 is 19.8 Å². The molecule has 1 aliphatic rings. The molecular weight excluding hydrogens is 238 g/mol. The normalized spacial score (nSPS) is 19.3. The van der Waals surface area contributed by atoms with Crippen LogP contribution < -0.4 is 10.6 Å². The van der Waals surface area contributed by atoms with E-state index >= 15 is 0 Å². The molecule has 104 valence electrons. The highest BCUT2D eigenvalue weighted by atomic mass is 16.4. The SMILES string of the molecule is CC(C)(C(=O)N[C@H](CO)C(=O)O)N1CCNCC1. The molecule has 1 fully saturated rings. The first kappa shape index (κ1) is 14.9. The van der Waals surface area contributed by atoms with Crippen LogP contribution in [0.25, 0.3) is 0 Å². The Morgan fingerprint density at radius 1 is 1.39 bits per heavy atom. The zero-order valence-electron chi connectivity index (χ0n) is 10.8. The Balaban J connectivity index is 2.65. The summed E-state index contributed by atoms with van der Waals surface area (Å²) in [4.78, 5) is 24.9. The van der Waals surface area contributed by atoms with Gasteiger partial charge in [0.1, 0.15) is 6.04 Å². The van der Waals surface area contributed by atoms with Crippen LogP contribution in [0.1, 0.15) is 13.8 Å². The number of carboxylic acid groups (broad SMARTS) is 1. The van der Waals surface area contributed by atoms with Crippen LogP contribution in [0.4, 0.5) is 0 Å². The van der Waals surface area contributed by atoms with Gasteiger partial charge in [0, 0.05) is 26.2 Å². The van der Waals surface area contributed by atoms with Gasteiger partial charge in [-0.3, -0.25) is 9.69 Å². The van der Waals surface area contributed by atoms with E-state index in [-0.39, 0.29) is 5.91 Å². The number of carbonyl (C=O) groups excluding carboxylic acids is 1. The third-order valence-electron chi connectivity index (χ3n) is 3.25. The molecule has 1 rings (SSSR count). The highest BCUT2D eigenvalue weighted by molar-refractivity contribution is 5.89. The molecule has 1 heterocycles. The average Bonchev–Trinajstić information content (AvgIpc) is 2.36. The standard InChI is InChI=1S/C11H21N3O4/c1-11(2,14-5-3-12-4-6-14)10(18)13-8(7-15)9(16)17/h8,12,15H,3-7H2,1-2H3,(H,13,18)(H,16,17)/t8-/m1/s1. The molecule has 1 atom stereocenters. The summed E-state index contributed by atoms with van der Waals surface area (Å²) in [5.41, 5.74) is -0.787. The summed E-state index contributed by atoms with van der Waals surface area (Å²) in [6.45, 7) is 5.97. The molecule has 0 radical (unpaired) electrons. The van der Waals surface area contributed by atoms with Crippen LogP contribution in [-0.2, 0) is 9.59 Å². The number of hydrogen-bond acceptors (Lipinski definition) is 5. The van der Waals surface area contributed by atoms with Crippen LogP contribution in [0.15, 0.2) is 0 Å². The summed E-state index contributed by atoms with van der Waals surface area (Å²) in [6.07, 6.45) is 0. The number of hydrogen-bond donors (Lipinski definition) is 4. The molecule has 1 amide bonds. The van der Waals surface area contributed by atoms with E-state index in [1.54, 1.807) is 13.8 Å². The molecule has 0 aromatic heterocycles. The zero-order valence-corrected chi connectivity index (χ0v) is 10.8. The molecule has 0 aliphatic carbocycles. The second-order valence-electron chi connectivity index (χ2n) is 4.84. The predicted molar refractivity (Wildman–Crippen MR) is 65.2 cm³/mol. The predicted octanol–water partition coefficient (Wildman–Crippen LogP) is -1.77. The van der Waals surface area contributed by atoms with Crippen molar-refractivity contribution in [1.82, 2.24) is 15.5 Å². The maximum atomic E-state index is 12.1.